The lowest BCUT2D eigenvalue weighted by Gasteiger charge is -2.32. The number of alkyl carbamates (subject to hydrolysis) is 1. The highest BCUT2D eigenvalue weighted by Crippen LogP contribution is 2.29. The summed E-state index contributed by atoms with van der Waals surface area (Å²) in [5, 5.41) is 2.71. The maximum Gasteiger partial charge on any atom is 0.407 e. The third-order valence-corrected chi connectivity index (χ3v) is 4.77. The minimum absolute atomic E-state index is 0.134. The van der Waals surface area contributed by atoms with E-state index in [4.69, 9.17) is 18.9 Å². The number of nitrogens with one attached hydrogen (secondary N) is 1. The first-order chi connectivity index (χ1) is 14.3. The molecule has 1 aromatic heterocycles. The Morgan fingerprint density at radius 3 is 2.86 bits per heavy atom. The maximum atomic E-state index is 12.0. The number of nitrogens with zero attached hydrogens (tertiary/aromatic N) is 2. The molecule has 0 bridgehead atoms. The molecule has 1 unspecified atom stereocenters. The van der Waals surface area contributed by atoms with E-state index < -0.39 is 6.09 Å². The second-order valence-corrected chi connectivity index (χ2v) is 6.98. The molecule has 29 heavy (non-hydrogen) atoms. The lowest BCUT2D eigenvalue weighted by Crippen LogP contribution is -2.44. The zero-order valence-corrected chi connectivity index (χ0v) is 16.2. The Morgan fingerprint density at radius 2 is 2.00 bits per heavy atom. The summed E-state index contributed by atoms with van der Waals surface area (Å²) < 4.78 is 22.0. The topological polar surface area (TPSA) is 82.2 Å². The Labute approximate surface area is 169 Å². The number of fused-ring (bicyclic) bond motifs is 1. The van der Waals surface area contributed by atoms with Crippen molar-refractivity contribution in [2.24, 2.45) is 0 Å². The number of hydrogen-bond donors (Lipinski definition) is 1. The fourth-order valence-corrected chi connectivity index (χ4v) is 3.33. The van der Waals surface area contributed by atoms with E-state index in [0.29, 0.717) is 37.0 Å². The normalized spacial score (nSPS) is 18.8. The van der Waals surface area contributed by atoms with E-state index in [1.165, 1.54) is 5.56 Å². The van der Waals surface area contributed by atoms with Crippen LogP contribution in [0.15, 0.2) is 42.6 Å². The Hall–Kier alpha value is -2.84. The van der Waals surface area contributed by atoms with Crippen molar-refractivity contribution in [3.63, 3.8) is 0 Å². The van der Waals surface area contributed by atoms with Crippen molar-refractivity contribution in [3.05, 3.63) is 53.9 Å². The van der Waals surface area contributed by atoms with Crippen LogP contribution in [0.4, 0.5) is 4.79 Å². The van der Waals surface area contributed by atoms with Gasteiger partial charge < -0.3 is 24.3 Å². The average Bonchev–Trinajstić information content (AvgIpc) is 2.77. The molecular formula is C21H25N3O5. The Bertz CT molecular complexity index is 817. The zero-order chi connectivity index (χ0) is 19.9. The largest absolute Gasteiger partial charge is 0.486 e. The van der Waals surface area contributed by atoms with Crippen LogP contribution in [0, 0.1) is 0 Å². The monoisotopic (exact) mass is 399 g/mol. The molecular weight excluding hydrogens is 374 g/mol. The summed E-state index contributed by atoms with van der Waals surface area (Å²) in [6.45, 7) is 4.58. The van der Waals surface area contributed by atoms with Crippen LogP contribution >= 0.6 is 0 Å². The number of amides is 1. The third-order valence-electron chi connectivity index (χ3n) is 4.77. The quantitative estimate of drug-likeness (QED) is 0.795. The molecule has 1 fully saturated rings. The number of hydrogen-bond acceptors (Lipinski definition) is 7. The molecule has 1 N–H and O–H groups in total. The molecule has 0 radical (unpaired) electrons. The summed E-state index contributed by atoms with van der Waals surface area (Å²) in [5.74, 6) is 1.27. The Balaban J connectivity index is 1.19. The minimum Gasteiger partial charge on any atom is -0.486 e. The van der Waals surface area contributed by atoms with E-state index in [1.807, 2.05) is 18.2 Å². The van der Waals surface area contributed by atoms with Crippen molar-refractivity contribution >= 4 is 6.09 Å². The molecule has 4 rings (SSSR count). The second kappa shape index (κ2) is 9.58. The standard InChI is InChI=1S/C21H25N3O5/c25-21(23-11-17-10-19-20(12-22-17)28-9-8-27-19)29-15-18-14-24(6-7-26-18)13-16-4-2-1-3-5-16/h1-5,10,12,18H,6-9,11,13-15H2,(H,23,25). The summed E-state index contributed by atoms with van der Waals surface area (Å²) in [6, 6.07) is 12.1. The van der Waals surface area contributed by atoms with Crippen LogP contribution in [-0.4, -0.2) is 61.6 Å². The summed E-state index contributed by atoms with van der Waals surface area (Å²) >= 11 is 0. The maximum absolute atomic E-state index is 12.0. The molecule has 1 aromatic carbocycles. The fraction of sp³-hybridized carbons (Fsp3) is 0.429. The first-order valence-corrected chi connectivity index (χ1v) is 9.79. The molecule has 2 aliphatic rings. The molecule has 0 saturated carbocycles. The van der Waals surface area contributed by atoms with Crippen LogP contribution in [0.1, 0.15) is 11.3 Å². The predicted octanol–water partition coefficient (Wildman–Crippen LogP) is 1.98. The third kappa shape index (κ3) is 5.58. The molecule has 3 heterocycles. The smallest absolute Gasteiger partial charge is 0.407 e. The van der Waals surface area contributed by atoms with Crippen LogP contribution in [0.2, 0.25) is 0 Å². The molecule has 0 aliphatic carbocycles. The first kappa shape index (κ1) is 19.5. The van der Waals surface area contributed by atoms with E-state index in [9.17, 15) is 4.79 Å². The van der Waals surface area contributed by atoms with Gasteiger partial charge in [-0.15, -0.1) is 0 Å². The van der Waals surface area contributed by atoms with Gasteiger partial charge in [-0.25, -0.2) is 4.79 Å². The number of carbonyl (C=O) groups is 1. The number of aromatic nitrogens is 1. The van der Waals surface area contributed by atoms with Gasteiger partial charge in [0.25, 0.3) is 0 Å². The second-order valence-electron chi connectivity index (χ2n) is 6.98. The highest BCUT2D eigenvalue weighted by molar-refractivity contribution is 5.67. The van der Waals surface area contributed by atoms with E-state index in [0.717, 1.165) is 19.6 Å². The van der Waals surface area contributed by atoms with E-state index >= 15 is 0 Å². The van der Waals surface area contributed by atoms with Crippen LogP contribution < -0.4 is 14.8 Å². The van der Waals surface area contributed by atoms with Crippen molar-refractivity contribution in [2.45, 2.75) is 19.2 Å². The van der Waals surface area contributed by atoms with Gasteiger partial charge in [0.15, 0.2) is 11.5 Å². The molecule has 8 heteroatoms. The molecule has 1 amide bonds. The van der Waals surface area contributed by atoms with Crippen molar-refractivity contribution in [1.29, 1.82) is 0 Å². The number of carbonyl (C=O) groups excluding carboxylic acids is 1. The molecule has 2 aliphatic heterocycles. The lowest BCUT2D eigenvalue weighted by molar-refractivity contribution is -0.0577. The zero-order valence-electron chi connectivity index (χ0n) is 16.2. The Kier molecular flexibility index (Phi) is 6.43. The molecule has 154 valence electrons. The summed E-state index contributed by atoms with van der Waals surface area (Å²) in [5.41, 5.74) is 1.94. The molecule has 8 nitrogen and oxygen atoms in total. The molecule has 1 saturated heterocycles. The molecule has 1 atom stereocenters. The van der Waals surface area contributed by atoms with Gasteiger partial charge in [0, 0.05) is 25.7 Å². The van der Waals surface area contributed by atoms with E-state index in [2.05, 4.69) is 27.3 Å². The van der Waals surface area contributed by atoms with Crippen LogP contribution in [0.5, 0.6) is 11.5 Å². The number of pyridine rings is 1. The summed E-state index contributed by atoms with van der Waals surface area (Å²) in [4.78, 5) is 18.6. The van der Waals surface area contributed by atoms with Gasteiger partial charge in [0.1, 0.15) is 25.9 Å². The highest BCUT2D eigenvalue weighted by atomic mass is 16.6. The van der Waals surface area contributed by atoms with Gasteiger partial charge in [-0.2, -0.15) is 0 Å². The molecule has 2 aromatic rings. The number of rotatable bonds is 6. The fourth-order valence-electron chi connectivity index (χ4n) is 3.33. The van der Waals surface area contributed by atoms with Crippen LogP contribution in [0.25, 0.3) is 0 Å². The summed E-state index contributed by atoms with van der Waals surface area (Å²) in [6.07, 6.45) is 0.977. The van der Waals surface area contributed by atoms with Crippen LogP contribution in [0.3, 0.4) is 0 Å². The lowest BCUT2D eigenvalue weighted by atomic mass is 10.2. The van der Waals surface area contributed by atoms with Gasteiger partial charge in [-0.1, -0.05) is 30.3 Å². The van der Waals surface area contributed by atoms with Gasteiger partial charge >= 0.3 is 6.09 Å². The SMILES string of the molecule is O=C(NCc1cc2c(cn1)OCCO2)OCC1CN(Cc2ccccc2)CCO1. The molecule has 0 spiro atoms. The van der Waals surface area contributed by atoms with Gasteiger partial charge in [-0.3, -0.25) is 9.88 Å². The first-order valence-electron chi connectivity index (χ1n) is 9.79. The van der Waals surface area contributed by atoms with Crippen LogP contribution in [-0.2, 0) is 22.6 Å². The average molecular weight is 399 g/mol. The van der Waals surface area contributed by atoms with Gasteiger partial charge in [0.2, 0.25) is 0 Å². The summed E-state index contributed by atoms with van der Waals surface area (Å²) in [7, 11) is 0. The predicted molar refractivity (Wildman–Crippen MR) is 105 cm³/mol. The van der Waals surface area contributed by atoms with Crippen molar-refractivity contribution in [2.75, 3.05) is 39.5 Å². The Morgan fingerprint density at radius 1 is 1.17 bits per heavy atom. The van der Waals surface area contributed by atoms with Crippen molar-refractivity contribution in [1.82, 2.24) is 15.2 Å². The van der Waals surface area contributed by atoms with Crippen molar-refractivity contribution < 1.29 is 23.7 Å². The number of ether oxygens (including phenoxy) is 4. The minimum atomic E-state index is -0.495. The number of morpholine rings is 1. The van der Waals surface area contributed by atoms with Crippen molar-refractivity contribution in [3.8, 4) is 11.5 Å². The highest BCUT2D eigenvalue weighted by Gasteiger charge is 2.22. The number of benzene rings is 1. The van der Waals surface area contributed by atoms with Gasteiger partial charge in [0.05, 0.1) is 25.0 Å². The van der Waals surface area contributed by atoms with E-state index in [-0.39, 0.29) is 19.3 Å². The van der Waals surface area contributed by atoms with E-state index in [1.54, 1.807) is 12.3 Å². The van der Waals surface area contributed by atoms with Gasteiger partial charge in [-0.05, 0) is 5.56 Å².